The van der Waals surface area contributed by atoms with Crippen molar-refractivity contribution in [2.45, 2.75) is 46.3 Å². The van der Waals surface area contributed by atoms with Gasteiger partial charge in [0.2, 0.25) is 5.95 Å². The summed E-state index contributed by atoms with van der Waals surface area (Å²) in [5.74, 6) is -1.35. The van der Waals surface area contributed by atoms with Gasteiger partial charge in [-0.25, -0.2) is 0 Å². The molecule has 5 heterocycles. The molecule has 12 nitrogen and oxygen atoms in total. The number of halogens is 4. The molecule has 0 aliphatic carbocycles. The quantitative estimate of drug-likeness (QED) is 0.215. The van der Waals surface area contributed by atoms with Crippen molar-refractivity contribution in [3.05, 3.63) is 99.8 Å². The minimum Gasteiger partial charge on any atom is -0.492 e. The maximum Gasteiger partial charge on any atom is 0.422 e. The zero-order chi connectivity index (χ0) is 38.2. The molecule has 0 unspecified atom stereocenters. The van der Waals surface area contributed by atoms with E-state index in [0.717, 1.165) is 5.56 Å². The lowest BCUT2D eigenvalue weighted by molar-refractivity contribution is -0.154. The fraction of sp³-hybridized carbons (Fsp3) is 0.351. The predicted molar refractivity (Wildman–Crippen MR) is 192 cm³/mol. The fourth-order valence-electron chi connectivity index (χ4n) is 5.41. The van der Waals surface area contributed by atoms with Crippen molar-refractivity contribution in [1.82, 2.24) is 25.2 Å². The number of nitrogens with one attached hydrogen (secondary N) is 3. The third kappa shape index (κ3) is 11.8. The van der Waals surface area contributed by atoms with E-state index in [2.05, 4.69) is 30.9 Å². The van der Waals surface area contributed by atoms with Gasteiger partial charge >= 0.3 is 24.0 Å². The lowest BCUT2D eigenvalue weighted by atomic mass is 9.92. The molecule has 0 spiro atoms. The molecule has 0 saturated heterocycles. The first kappa shape index (κ1) is 38.8. The molecule has 4 aliphatic heterocycles. The van der Waals surface area contributed by atoms with E-state index >= 15 is 0 Å². The number of alkyl halides is 3. The largest absolute Gasteiger partial charge is 0.492 e. The second-order valence-corrected chi connectivity index (χ2v) is 13.8. The van der Waals surface area contributed by atoms with Crippen LogP contribution in [0.1, 0.15) is 53.1 Å². The molecule has 0 fully saturated rings. The van der Waals surface area contributed by atoms with E-state index in [4.69, 9.17) is 21.1 Å². The molecule has 4 aromatic rings. The molecule has 8 rings (SSSR count). The number of carbonyl (C=O) groups is 3. The van der Waals surface area contributed by atoms with Crippen molar-refractivity contribution in [2.24, 2.45) is 5.41 Å². The van der Waals surface area contributed by atoms with Gasteiger partial charge in [-0.3, -0.25) is 14.4 Å². The Hall–Kier alpha value is -5.44. The summed E-state index contributed by atoms with van der Waals surface area (Å²) < 4.78 is 49.5. The highest BCUT2D eigenvalue weighted by atomic mass is 35.5. The summed E-state index contributed by atoms with van der Waals surface area (Å²) in [5, 5.41) is 8.87. The van der Waals surface area contributed by atoms with Crippen molar-refractivity contribution in [1.29, 1.82) is 0 Å². The van der Waals surface area contributed by atoms with Crippen molar-refractivity contribution in [3.8, 4) is 11.8 Å². The first-order valence-corrected chi connectivity index (χ1v) is 17.1. The summed E-state index contributed by atoms with van der Waals surface area (Å²) in [6.45, 7) is 4.89. The number of aromatic nitrogens is 3. The number of hydrogen-bond donors (Lipinski definition) is 3. The summed E-state index contributed by atoms with van der Waals surface area (Å²) in [4.78, 5) is 53.7. The number of aryl methyl sites for hydroxylation is 1. The monoisotopic (exact) mass is 753 g/mol. The molecular formula is C37H39ClF3N7O5. The Morgan fingerprint density at radius 2 is 1.77 bits per heavy atom. The number of hydrogen-bond acceptors (Lipinski definition) is 9. The van der Waals surface area contributed by atoms with E-state index in [9.17, 15) is 27.6 Å². The average Bonchev–Trinajstić information content (AvgIpc) is 3.10. The smallest absolute Gasteiger partial charge is 0.422 e. The van der Waals surface area contributed by atoms with E-state index < -0.39 is 36.0 Å². The second kappa shape index (κ2) is 16.9. The highest BCUT2D eigenvalue weighted by molar-refractivity contribution is 6.39. The zero-order valence-corrected chi connectivity index (χ0v) is 30.1. The maximum atomic E-state index is 13.5. The van der Waals surface area contributed by atoms with Gasteiger partial charge in [-0.2, -0.15) is 28.1 Å². The first-order chi connectivity index (χ1) is 25.1. The van der Waals surface area contributed by atoms with E-state index in [1.807, 2.05) is 26.8 Å². The third-order valence-corrected chi connectivity index (χ3v) is 8.28. The van der Waals surface area contributed by atoms with Crippen LogP contribution in [0.15, 0.2) is 66.7 Å². The Morgan fingerprint density at radius 1 is 1.02 bits per heavy atom. The third-order valence-electron chi connectivity index (χ3n) is 7.99. The van der Waals surface area contributed by atoms with Crippen molar-refractivity contribution in [3.63, 3.8) is 0 Å². The molecule has 53 heavy (non-hydrogen) atoms. The van der Waals surface area contributed by atoms with E-state index in [0.29, 0.717) is 39.6 Å². The van der Waals surface area contributed by atoms with Gasteiger partial charge in [-0.05, 0) is 71.8 Å². The van der Waals surface area contributed by atoms with Crippen molar-refractivity contribution >= 4 is 41.0 Å². The highest BCUT2D eigenvalue weighted by Crippen LogP contribution is 2.27. The van der Waals surface area contributed by atoms with Gasteiger partial charge in [0.25, 0.3) is 5.91 Å². The number of carbonyl (C=O) groups excluding carboxylic acids is 3. The zero-order valence-electron chi connectivity index (χ0n) is 29.3. The Labute approximate surface area is 309 Å². The molecular weight excluding hydrogens is 715 g/mol. The number of rotatable bonds is 3. The van der Waals surface area contributed by atoms with Gasteiger partial charge in [-0.1, -0.05) is 55.8 Å². The van der Waals surface area contributed by atoms with E-state index in [1.54, 1.807) is 60.7 Å². The molecule has 3 amide bonds. The van der Waals surface area contributed by atoms with Crippen LogP contribution in [0.3, 0.4) is 0 Å². The van der Waals surface area contributed by atoms with E-state index in [-0.39, 0.29) is 56.9 Å². The molecule has 4 aliphatic rings. The molecule has 3 N–H and O–H groups in total. The summed E-state index contributed by atoms with van der Waals surface area (Å²) in [6.07, 6.45) is -4.13. The van der Waals surface area contributed by atoms with Gasteiger partial charge in [0.15, 0.2) is 6.61 Å². The van der Waals surface area contributed by atoms with Gasteiger partial charge in [0.1, 0.15) is 11.6 Å². The Balaban J connectivity index is 1.38. The molecule has 6 bridgehead atoms. The topological polar surface area (TPSA) is 148 Å². The summed E-state index contributed by atoms with van der Waals surface area (Å²) in [5.41, 5.74) is 2.51. The predicted octanol–water partition coefficient (Wildman–Crippen LogP) is 5.98. The molecule has 0 saturated carbocycles. The van der Waals surface area contributed by atoms with Crippen LogP contribution in [0.5, 0.6) is 11.8 Å². The van der Waals surface area contributed by atoms with Gasteiger partial charge in [0, 0.05) is 43.9 Å². The second-order valence-electron chi connectivity index (χ2n) is 13.4. The lowest BCUT2D eigenvalue weighted by Gasteiger charge is -2.32. The molecule has 1 aromatic heterocycles. The fourth-order valence-corrected chi connectivity index (χ4v) is 5.67. The average molecular weight is 754 g/mol. The Morgan fingerprint density at radius 3 is 2.49 bits per heavy atom. The standard InChI is InChI=1S/C37H39ClF3N7O5/c1-23-6-4-7-27(16-23)44-32(50)33(51)48-14-5-15-52-29-13-10-25(17-28(29)38)19-42-34-45-30(46-35(47-34)53-22-37(39,40)41)18-24-8-11-26(12-9-24)31(49)43-20-36(2,3)21-48/h4,6-13,16-17H,5,14-15,18-22H2,1-3H3,(H,43,49)(H,44,50)(H,42,45,46,47). The Bertz CT molecular complexity index is 1940. The number of anilines is 2. The van der Waals surface area contributed by atoms with E-state index in [1.165, 1.54) is 4.90 Å². The van der Waals surface area contributed by atoms with Crippen LogP contribution in [0.2, 0.25) is 5.02 Å². The van der Waals surface area contributed by atoms with Crippen LogP contribution < -0.4 is 25.4 Å². The first-order valence-electron chi connectivity index (χ1n) is 16.8. The van der Waals surface area contributed by atoms with Crippen LogP contribution in [0.4, 0.5) is 24.8 Å². The van der Waals surface area contributed by atoms with Gasteiger partial charge in [0.05, 0.1) is 11.6 Å². The van der Waals surface area contributed by atoms with Crippen LogP contribution >= 0.6 is 11.6 Å². The molecule has 3 aromatic carbocycles. The molecule has 16 heteroatoms. The Kier molecular flexibility index (Phi) is 12.4. The lowest BCUT2D eigenvalue weighted by Crippen LogP contribution is -2.48. The number of amides is 3. The van der Waals surface area contributed by atoms with Crippen molar-refractivity contribution < 1.29 is 37.0 Å². The number of ether oxygens (including phenoxy) is 2. The SMILES string of the molecule is Cc1cccc(NC(=O)C(=O)N2CCCOc3ccc(cc3Cl)CNc3nc(nc(OCC(F)(F)F)n3)Cc3ccc(cc3)C(=O)NCC(C)(C)C2)c1. The minimum absolute atomic E-state index is 0.0108. The maximum absolute atomic E-state index is 13.5. The minimum atomic E-state index is -4.60. The van der Waals surface area contributed by atoms with Gasteiger partial charge in [-0.15, -0.1) is 0 Å². The van der Waals surface area contributed by atoms with Crippen LogP contribution in [-0.2, 0) is 22.6 Å². The highest BCUT2D eigenvalue weighted by Gasteiger charge is 2.30. The number of benzene rings is 3. The summed E-state index contributed by atoms with van der Waals surface area (Å²) in [7, 11) is 0. The van der Waals surface area contributed by atoms with Crippen molar-refractivity contribution in [2.75, 3.05) is 43.5 Å². The normalized spacial score (nSPS) is 15.4. The van der Waals surface area contributed by atoms with Gasteiger partial charge < -0.3 is 30.3 Å². The summed E-state index contributed by atoms with van der Waals surface area (Å²) in [6, 6.07) is 18.3. The van der Waals surface area contributed by atoms with Crippen LogP contribution in [0, 0.1) is 12.3 Å². The summed E-state index contributed by atoms with van der Waals surface area (Å²) >= 11 is 6.52. The number of nitrogens with zero attached hydrogens (tertiary/aromatic N) is 4. The van der Waals surface area contributed by atoms with Crippen LogP contribution in [-0.4, -0.2) is 76.6 Å². The molecule has 0 radical (unpaired) electrons. The molecule has 0 atom stereocenters. The molecule has 280 valence electrons. The van der Waals surface area contributed by atoms with Crippen LogP contribution in [0.25, 0.3) is 0 Å².